The van der Waals surface area contributed by atoms with Crippen LogP contribution in [0.1, 0.15) is 45.2 Å². The van der Waals surface area contributed by atoms with Crippen molar-refractivity contribution < 1.29 is 4.79 Å². The summed E-state index contributed by atoms with van der Waals surface area (Å²) in [5.74, 6) is 0.529. The lowest BCUT2D eigenvalue weighted by Crippen LogP contribution is -2.30. The van der Waals surface area contributed by atoms with Crippen LogP contribution in [0.3, 0.4) is 0 Å². The zero-order chi connectivity index (χ0) is 16.3. The predicted octanol–water partition coefficient (Wildman–Crippen LogP) is 4.21. The number of nitrogens with one attached hydrogen (secondary N) is 2. The maximum Gasteiger partial charge on any atom is 0.220 e. The first-order chi connectivity index (χ1) is 10.3. The summed E-state index contributed by atoms with van der Waals surface area (Å²) in [5, 5.41) is 4.35. The van der Waals surface area contributed by atoms with Crippen molar-refractivity contribution in [2.75, 3.05) is 6.54 Å². The molecule has 0 bridgehead atoms. The van der Waals surface area contributed by atoms with Crippen LogP contribution in [0.25, 0.3) is 10.9 Å². The molecule has 1 amide bonds. The van der Waals surface area contributed by atoms with E-state index >= 15 is 0 Å². The highest BCUT2D eigenvalue weighted by molar-refractivity contribution is 5.86. The summed E-state index contributed by atoms with van der Waals surface area (Å²) in [4.78, 5) is 15.3. The smallest absolute Gasteiger partial charge is 0.220 e. The number of fused-ring (bicyclic) bond motifs is 1. The SMILES string of the molecule is Cc1cccc2[nH]cc(CCNC(=O)CC(C)C(C)(C)C)c12. The van der Waals surface area contributed by atoms with Crippen molar-refractivity contribution in [2.24, 2.45) is 11.3 Å². The second-order valence-electron chi connectivity index (χ2n) is 7.38. The fourth-order valence-corrected chi connectivity index (χ4v) is 2.64. The minimum atomic E-state index is 0.152. The van der Waals surface area contributed by atoms with E-state index < -0.39 is 0 Å². The molecule has 0 aliphatic heterocycles. The van der Waals surface area contributed by atoms with Gasteiger partial charge in [0.05, 0.1) is 0 Å². The summed E-state index contributed by atoms with van der Waals surface area (Å²) >= 11 is 0. The molecule has 22 heavy (non-hydrogen) atoms. The molecule has 3 heteroatoms. The molecule has 0 saturated carbocycles. The van der Waals surface area contributed by atoms with Crippen LogP contribution in [-0.4, -0.2) is 17.4 Å². The number of aryl methyl sites for hydroxylation is 1. The Labute approximate surface area is 133 Å². The largest absolute Gasteiger partial charge is 0.361 e. The maximum atomic E-state index is 12.0. The number of hydrogen-bond donors (Lipinski definition) is 2. The number of H-pyrrole nitrogens is 1. The number of carbonyl (C=O) groups is 1. The van der Waals surface area contributed by atoms with E-state index in [4.69, 9.17) is 0 Å². The molecule has 0 aliphatic rings. The van der Waals surface area contributed by atoms with Gasteiger partial charge in [0.2, 0.25) is 5.91 Å². The molecule has 1 aromatic heterocycles. The van der Waals surface area contributed by atoms with Gasteiger partial charge in [0, 0.05) is 30.1 Å². The molecular formula is C19H28N2O. The summed E-state index contributed by atoms with van der Waals surface area (Å²) in [6.45, 7) is 11.5. The van der Waals surface area contributed by atoms with Gasteiger partial charge >= 0.3 is 0 Å². The fraction of sp³-hybridized carbons (Fsp3) is 0.526. The van der Waals surface area contributed by atoms with Crippen molar-refractivity contribution in [1.82, 2.24) is 10.3 Å². The van der Waals surface area contributed by atoms with Gasteiger partial charge in [0.1, 0.15) is 0 Å². The average molecular weight is 300 g/mol. The minimum Gasteiger partial charge on any atom is -0.361 e. The van der Waals surface area contributed by atoms with Crippen LogP contribution >= 0.6 is 0 Å². The third kappa shape index (κ3) is 3.90. The van der Waals surface area contributed by atoms with Crippen molar-refractivity contribution in [2.45, 2.75) is 47.5 Å². The molecule has 120 valence electrons. The van der Waals surface area contributed by atoms with Gasteiger partial charge in [-0.15, -0.1) is 0 Å². The Morgan fingerprint density at radius 2 is 2.05 bits per heavy atom. The number of carbonyl (C=O) groups excluding carboxylic acids is 1. The van der Waals surface area contributed by atoms with Gasteiger partial charge in [-0.3, -0.25) is 4.79 Å². The van der Waals surface area contributed by atoms with Crippen LogP contribution in [0.5, 0.6) is 0 Å². The molecule has 1 aromatic carbocycles. The normalized spacial score (nSPS) is 13.3. The summed E-state index contributed by atoms with van der Waals surface area (Å²) in [6.07, 6.45) is 3.51. The average Bonchev–Trinajstić information content (AvgIpc) is 2.82. The molecule has 2 N–H and O–H groups in total. The molecule has 0 radical (unpaired) electrons. The number of hydrogen-bond acceptors (Lipinski definition) is 1. The fourth-order valence-electron chi connectivity index (χ4n) is 2.64. The molecule has 0 fully saturated rings. The minimum absolute atomic E-state index is 0.152. The van der Waals surface area contributed by atoms with Crippen molar-refractivity contribution >= 4 is 16.8 Å². The number of rotatable bonds is 5. The van der Waals surface area contributed by atoms with Gasteiger partial charge in [-0.05, 0) is 41.9 Å². The lowest BCUT2D eigenvalue weighted by molar-refractivity contribution is -0.122. The van der Waals surface area contributed by atoms with E-state index in [-0.39, 0.29) is 11.3 Å². The van der Waals surface area contributed by atoms with E-state index in [1.165, 1.54) is 22.0 Å². The second-order valence-corrected chi connectivity index (χ2v) is 7.38. The molecule has 3 nitrogen and oxygen atoms in total. The van der Waals surface area contributed by atoms with Gasteiger partial charge in [-0.2, -0.15) is 0 Å². The van der Waals surface area contributed by atoms with Crippen LogP contribution in [-0.2, 0) is 11.2 Å². The topological polar surface area (TPSA) is 44.9 Å². The van der Waals surface area contributed by atoms with Gasteiger partial charge in [0.25, 0.3) is 0 Å². The Morgan fingerprint density at radius 1 is 1.32 bits per heavy atom. The van der Waals surface area contributed by atoms with E-state index in [2.05, 4.69) is 69.3 Å². The van der Waals surface area contributed by atoms with Crippen molar-refractivity contribution in [3.63, 3.8) is 0 Å². The first-order valence-electron chi connectivity index (χ1n) is 8.11. The third-order valence-corrected chi connectivity index (χ3v) is 4.68. The third-order valence-electron chi connectivity index (χ3n) is 4.68. The lowest BCUT2D eigenvalue weighted by Gasteiger charge is -2.26. The van der Waals surface area contributed by atoms with E-state index in [1.54, 1.807) is 0 Å². The highest BCUT2D eigenvalue weighted by Crippen LogP contribution is 2.27. The molecule has 1 unspecified atom stereocenters. The molecule has 2 rings (SSSR count). The lowest BCUT2D eigenvalue weighted by atomic mass is 9.80. The highest BCUT2D eigenvalue weighted by atomic mass is 16.1. The van der Waals surface area contributed by atoms with Crippen molar-refractivity contribution in [3.05, 3.63) is 35.5 Å². The van der Waals surface area contributed by atoms with E-state index in [0.29, 0.717) is 18.9 Å². The molecular weight excluding hydrogens is 272 g/mol. The Hall–Kier alpha value is -1.77. The monoisotopic (exact) mass is 300 g/mol. The van der Waals surface area contributed by atoms with Crippen LogP contribution in [0.4, 0.5) is 0 Å². The van der Waals surface area contributed by atoms with Crippen molar-refractivity contribution in [3.8, 4) is 0 Å². The Balaban J connectivity index is 1.89. The van der Waals surface area contributed by atoms with Gasteiger partial charge < -0.3 is 10.3 Å². The second kappa shape index (κ2) is 6.55. The van der Waals surface area contributed by atoms with Crippen LogP contribution in [0.2, 0.25) is 0 Å². The quantitative estimate of drug-likeness (QED) is 0.853. The Kier molecular flexibility index (Phi) is 4.94. The zero-order valence-corrected chi connectivity index (χ0v) is 14.4. The summed E-state index contributed by atoms with van der Waals surface area (Å²) < 4.78 is 0. The van der Waals surface area contributed by atoms with Gasteiger partial charge in [0.15, 0.2) is 0 Å². The highest BCUT2D eigenvalue weighted by Gasteiger charge is 2.22. The standard InChI is InChI=1S/C19H28N2O/c1-13-7-6-8-16-18(13)15(12-21-16)9-10-20-17(22)11-14(2)19(3,4)5/h6-8,12,14,21H,9-11H2,1-5H3,(H,20,22). The first kappa shape index (κ1) is 16.6. The molecule has 0 saturated heterocycles. The Bertz CT molecular complexity index is 649. The first-order valence-corrected chi connectivity index (χ1v) is 8.11. The number of aromatic amines is 1. The van der Waals surface area contributed by atoms with E-state index in [1.807, 2.05) is 0 Å². The van der Waals surface area contributed by atoms with E-state index in [9.17, 15) is 4.79 Å². The molecule has 0 spiro atoms. The number of amides is 1. The van der Waals surface area contributed by atoms with Crippen molar-refractivity contribution in [1.29, 1.82) is 0 Å². The van der Waals surface area contributed by atoms with Crippen LogP contribution < -0.4 is 5.32 Å². The summed E-state index contributed by atoms with van der Waals surface area (Å²) in [5.41, 5.74) is 3.90. The van der Waals surface area contributed by atoms with Crippen LogP contribution in [0.15, 0.2) is 24.4 Å². The van der Waals surface area contributed by atoms with Gasteiger partial charge in [-0.1, -0.05) is 39.8 Å². The molecule has 1 heterocycles. The molecule has 0 aliphatic carbocycles. The predicted molar refractivity (Wildman–Crippen MR) is 93.0 cm³/mol. The Morgan fingerprint density at radius 3 is 2.73 bits per heavy atom. The summed E-state index contributed by atoms with van der Waals surface area (Å²) in [6, 6.07) is 6.28. The molecule has 1 atom stereocenters. The number of aromatic nitrogens is 1. The van der Waals surface area contributed by atoms with Crippen LogP contribution in [0, 0.1) is 18.3 Å². The number of benzene rings is 1. The van der Waals surface area contributed by atoms with Gasteiger partial charge in [-0.25, -0.2) is 0 Å². The summed E-state index contributed by atoms with van der Waals surface area (Å²) in [7, 11) is 0. The maximum absolute atomic E-state index is 12.0. The molecule has 2 aromatic rings. The van der Waals surface area contributed by atoms with E-state index in [0.717, 1.165) is 6.42 Å². The zero-order valence-electron chi connectivity index (χ0n) is 14.4.